The van der Waals surface area contributed by atoms with Crippen LogP contribution < -0.4 is 9.80 Å². The summed E-state index contributed by atoms with van der Waals surface area (Å²) in [6, 6.07) is 0. The Bertz CT molecular complexity index is 673. The van der Waals surface area contributed by atoms with Crippen molar-refractivity contribution in [2.24, 2.45) is 0 Å². The molecule has 1 N–H and O–H groups in total. The zero-order chi connectivity index (χ0) is 17.1. The molecular formula is C15H22N8O2. The van der Waals surface area contributed by atoms with Crippen LogP contribution in [-0.4, -0.2) is 74.4 Å². The van der Waals surface area contributed by atoms with Crippen molar-refractivity contribution in [3.05, 3.63) is 11.9 Å². The van der Waals surface area contributed by atoms with Gasteiger partial charge in [-0.3, -0.25) is 0 Å². The van der Waals surface area contributed by atoms with Gasteiger partial charge in [-0.1, -0.05) is 5.21 Å². The van der Waals surface area contributed by atoms with E-state index in [1.807, 2.05) is 0 Å². The molecular weight excluding hydrogens is 324 g/mol. The standard InChI is InChI=1S/C15H22N8O2/c24-11-12-10-23(20-19-12)15-17-13(21-4-2-1-3-5-21)16-14(18-15)22-6-8-25-9-7-22/h10,24H,1-9,11H2. The molecule has 0 atom stereocenters. The quantitative estimate of drug-likeness (QED) is 0.803. The minimum atomic E-state index is -0.166. The third kappa shape index (κ3) is 3.54. The van der Waals surface area contributed by atoms with E-state index in [0.717, 1.165) is 39.0 Å². The maximum absolute atomic E-state index is 9.22. The van der Waals surface area contributed by atoms with Gasteiger partial charge in [-0.05, 0) is 19.3 Å². The normalized spacial score (nSPS) is 18.6. The van der Waals surface area contributed by atoms with E-state index in [1.54, 1.807) is 6.20 Å². The molecule has 25 heavy (non-hydrogen) atoms. The lowest BCUT2D eigenvalue weighted by atomic mass is 10.1. The fourth-order valence-corrected chi connectivity index (χ4v) is 3.05. The molecule has 2 aliphatic rings. The van der Waals surface area contributed by atoms with Gasteiger partial charge < -0.3 is 19.6 Å². The van der Waals surface area contributed by atoms with Crippen LogP contribution in [0.2, 0.25) is 0 Å². The third-order valence-electron chi connectivity index (χ3n) is 4.44. The molecule has 0 saturated carbocycles. The number of morpholine rings is 1. The molecule has 0 bridgehead atoms. The molecule has 0 radical (unpaired) electrons. The number of hydrogen-bond donors (Lipinski definition) is 1. The Morgan fingerprint density at radius 3 is 2.16 bits per heavy atom. The first-order chi connectivity index (χ1) is 12.3. The first kappa shape index (κ1) is 16.2. The number of aromatic nitrogens is 6. The van der Waals surface area contributed by atoms with Crippen LogP contribution >= 0.6 is 0 Å². The van der Waals surface area contributed by atoms with Crippen LogP contribution in [0.25, 0.3) is 5.95 Å². The van der Waals surface area contributed by atoms with Gasteiger partial charge in [-0.25, -0.2) is 0 Å². The van der Waals surface area contributed by atoms with Gasteiger partial charge in [0, 0.05) is 26.2 Å². The molecule has 2 aliphatic heterocycles. The largest absolute Gasteiger partial charge is 0.390 e. The molecule has 10 heteroatoms. The summed E-state index contributed by atoms with van der Waals surface area (Å²) in [4.78, 5) is 18.2. The number of ether oxygens (including phenoxy) is 1. The van der Waals surface area contributed by atoms with Crippen molar-refractivity contribution in [1.82, 2.24) is 29.9 Å². The van der Waals surface area contributed by atoms with Crippen molar-refractivity contribution in [1.29, 1.82) is 0 Å². The number of aliphatic hydroxyl groups is 1. The van der Waals surface area contributed by atoms with Gasteiger partial charge in [0.05, 0.1) is 26.0 Å². The summed E-state index contributed by atoms with van der Waals surface area (Å²) in [5, 5.41) is 17.1. The lowest BCUT2D eigenvalue weighted by Gasteiger charge is -2.30. The van der Waals surface area contributed by atoms with Gasteiger partial charge >= 0.3 is 0 Å². The number of nitrogens with zero attached hydrogens (tertiary/aromatic N) is 8. The van der Waals surface area contributed by atoms with Crippen LogP contribution in [0, 0.1) is 0 Å². The number of piperidine rings is 1. The summed E-state index contributed by atoms with van der Waals surface area (Å²) < 4.78 is 6.91. The minimum absolute atomic E-state index is 0.166. The molecule has 2 aromatic heterocycles. The van der Waals surface area contributed by atoms with E-state index in [-0.39, 0.29) is 6.61 Å². The molecule has 4 heterocycles. The van der Waals surface area contributed by atoms with Crippen LogP contribution in [0.4, 0.5) is 11.9 Å². The van der Waals surface area contributed by atoms with E-state index in [1.165, 1.54) is 11.1 Å². The van der Waals surface area contributed by atoms with Crippen LogP contribution in [0.3, 0.4) is 0 Å². The van der Waals surface area contributed by atoms with Gasteiger partial charge in [0.15, 0.2) is 0 Å². The first-order valence-corrected chi connectivity index (χ1v) is 8.69. The van der Waals surface area contributed by atoms with E-state index >= 15 is 0 Å². The van der Waals surface area contributed by atoms with E-state index in [4.69, 9.17) is 9.72 Å². The maximum atomic E-state index is 9.22. The predicted molar refractivity (Wildman–Crippen MR) is 89.8 cm³/mol. The Balaban J connectivity index is 1.70. The SMILES string of the molecule is OCc1cn(-c2nc(N3CCCCC3)nc(N3CCOCC3)n2)nn1. The first-order valence-electron chi connectivity index (χ1n) is 8.69. The summed E-state index contributed by atoms with van der Waals surface area (Å²) in [5.41, 5.74) is 0.479. The van der Waals surface area contributed by atoms with Gasteiger partial charge in [0.25, 0.3) is 5.95 Å². The molecule has 10 nitrogen and oxygen atoms in total. The molecule has 0 unspecified atom stereocenters. The topological polar surface area (TPSA) is 105 Å². The summed E-state index contributed by atoms with van der Waals surface area (Å²) in [5.74, 6) is 1.73. The molecule has 2 saturated heterocycles. The number of aliphatic hydroxyl groups excluding tert-OH is 1. The highest BCUT2D eigenvalue weighted by atomic mass is 16.5. The van der Waals surface area contributed by atoms with Gasteiger partial charge in [-0.2, -0.15) is 19.6 Å². The lowest BCUT2D eigenvalue weighted by Crippen LogP contribution is -2.38. The second-order valence-electron chi connectivity index (χ2n) is 6.20. The molecule has 0 amide bonds. The summed E-state index contributed by atoms with van der Waals surface area (Å²) >= 11 is 0. The van der Waals surface area contributed by atoms with Crippen LogP contribution in [0.15, 0.2) is 6.20 Å². The molecule has 2 fully saturated rings. The summed E-state index contributed by atoms with van der Waals surface area (Å²) in [7, 11) is 0. The van der Waals surface area contributed by atoms with Crippen molar-refractivity contribution in [2.45, 2.75) is 25.9 Å². The van der Waals surface area contributed by atoms with E-state index in [9.17, 15) is 5.11 Å². The van der Waals surface area contributed by atoms with Crippen LogP contribution in [0.5, 0.6) is 0 Å². The average molecular weight is 346 g/mol. The van der Waals surface area contributed by atoms with Gasteiger partial charge in [0.2, 0.25) is 11.9 Å². The highest BCUT2D eigenvalue weighted by Crippen LogP contribution is 2.20. The highest BCUT2D eigenvalue weighted by molar-refractivity contribution is 5.42. The second kappa shape index (κ2) is 7.28. The Morgan fingerprint density at radius 2 is 1.52 bits per heavy atom. The Labute approximate surface area is 145 Å². The molecule has 134 valence electrons. The Hall–Kier alpha value is -2.33. The fourth-order valence-electron chi connectivity index (χ4n) is 3.05. The number of anilines is 2. The molecule has 4 rings (SSSR count). The summed E-state index contributed by atoms with van der Waals surface area (Å²) in [6.07, 6.45) is 5.17. The van der Waals surface area contributed by atoms with Crippen molar-refractivity contribution in [2.75, 3.05) is 49.2 Å². The smallest absolute Gasteiger partial charge is 0.258 e. The number of hydrogen-bond acceptors (Lipinski definition) is 9. The monoisotopic (exact) mass is 346 g/mol. The van der Waals surface area contributed by atoms with Gasteiger partial charge in [0.1, 0.15) is 5.69 Å². The van der Waals surface area contributed by atoms with E-state index < -0.39 is 0 Å². The Kier molecular flexibility index (Phi) is 4.70. The van der Waals surface area contributed by atoms with Gasteiger partial charge in [-0.15, -0.1) is 5.10 Å². The predicted octanol–water partition coefficient (Wildman–Crippen LogP) is -0.228. The van der Waals surface area contributed by atoms with Crippen molar-refractivity contribution >= 4 is 11.9 Å². The number of rotatable bonds is 4. The van der Waals surface area contributed by atoms with E-state index in [0.29, 0.717) is 36.8 Å². The maximum Gasteiger partial charge on any atom is 0.258 e. The summed E-state index contributed by atoms with van der Waals surface area (Å²) in [6.45, 7) is 4.57. The van der Waals surface area contributed by atoms with Crippen LogP contribution in [-0.2, 0) is 11.3 Å². The molecule has 0 aliphatic carbocycles. The van der Waals surface area contributed by atoms with E-state index in [2.05, 4.69) is 30.1 Å². The average Bonchev–Trinajstić information content (AvgIpc) is 3.18. The zero-order valence-corrected chi connectivity index (χ0v) is 14.1. The molecule has 2 aromatic rings. The lowest BCUT2D eigenvalue weighted by molar-refractivity contribution is 0.122. The zero-order valence-electron chi connectivity index (χ0n) is 14.1. The fraction of sp³-hybridized carbons (Fsp3) is 0.667. The van der Waals surface area contributed by atoms with Crippen molar-refractivity contribution in [3.63, 3.8) is 0 Å². The highest BCUT2D eigenvalue weighted by Gasteiger charge is 2.21. The minimum Gasteiger partial charge on any atom is -0.390 e. The van der Waals surface area contributed by atoms with Crippen molar-refractivity contribution in [3.8, 4) is 5.95 Å². The molecule has 0 aromatic carbocycles. The Morgan fingerprint density at radius 1 is 0.880 bits per heavy atom. The van der Waals surface area contributed by atoms with Crippen molar-refractivity contribution < 1.29 is 9.84 Å². The van der Waals surface area contributed by atoms with Crippen LogP contribution in [0.1, 0.15) is 25.0 Å². The second-order valence-corrected chi connectivity index (χ2v) is 6.20. The third-order valence-corrected chi connectivity index (χ3v) is 4.44. The molecule has 0 spiro atoms.